The van der Waals surface area contributed by atoms with E-state index < -0.39 is 5.60 Å². The van der Waals surface area contributed by atoms with E-state index in [1.165, 1.54) is 5.56 Å². The van der Waals surface area contributed by atoms with E-state index >= 15 is 0 Å². The molecule has 21 heavy (non-hydrogen) atoms. The standard InChI is InChI=1S/C17H25NO2S/c1-13-5-7-15(8-6-13)20-17(2,3)16(19)18(4)14-9-11-21-12-10-14/h5-8,14H,9-12H2,1-4H3. The Balaban J connectivity index is 2.03. The number of ether oxygens (including phenoxy) is 1. The van der Waals surface area contributed by atoms with Gasteiger partial charge in [0.1, 0.15) is 5.75 Å². The molecule has 1 heterocycles. The van der Waals surface area contributed by atoms with Crippen molar-refractivity contribution in [3.63, 3.8) is 0 Å². The Morgan fingerprint density at radius 2 is 1.81 bits per heavy atom. The third-order valence-electron chi connectivity index (χ3n) is 3.97. The number of hydrogen-bond donors (Lipinski definition) is 0. The van der Waals surface area contributed by atoms with Gasteiger partial charge in [0, 0.05) is 13.1 Å². The number of carbonyl (C=O) groups is 1. The summed E-state index contributed by atoms with van der Waals surface area (Å²) in [5.41, 5.74) is 0.345. The zero-order chi connectivity index (χ0) is 15.5. The van der Waals surface area contributed by atoms with Gasteiger partial charge in [-0.2, -0.15) is 11.8 Å². The van der Waals surface area contributed by atoms with Crippen molar-refractivity contribution >= 4 is 17.7 Å². The van der Waals surface area contributed by atoms with Crippen LogP contribution in [0.25, 0.3) is 0 Å². The summed E-state index contributed by atoms with van der Waals surface area (Å²) in [6, 6.07) is 8.18. The number of carbonyl (C=O) groups excluding carboxylic acids is 1. The molecule has 1 saturated heterocycles. The first kappa shape index (κ1) is 16.2. The summed E-state index contributed by atoms with van der Waals surface area (Å²) in [6.07, 6.45) is 2.15. The highest BCUT2D eigenvalue weighted by atomic mass is 32.2. The van der Waals surface area contributed by atoms with Gasteiger partial charge in [-0.25, -0.2) is 0 Å². The van der Waals surface area contributed by atoms with Crippen LogP contribution in [0.15, 0.2) is 24.3 Å². The number of rotatable bonds is 4. The van der Waals surface area contributed by atoms with Crippen LogP contribution in [0.4, 0.5) is 0 Å². The molecule has 0 spiro atoms. The van der Waals surface area contributed by atoms with Crippen molar-refractivity contribution in [1.82, 2.24) is 4.90 Å². The van der Waals surface area contributed by atoms with Crippen LogP contribution in [0.2, 0.25) is 0 Å². The fourth-order valence-corrected chi connectivity index (χ4v) is 3.69. The van der Waals surface area contributed by atoms with Crippen molar-refractivity contribution in [3.8, 4) is 5.75 Å². The van der Waals surface area contributed by atoms with Gasteiger partial charge in [-0.15, -0.1) is 0 Å². The summed E-state index contributed by atoms with van der Waals surface area (Å²) in [5.74, 6) is 3.08. The zero-order valence-electron chi connectivity index (χ0n) is 13.4. The molecule has 1 aliphatic rings. The van der Waals surface area contributed by atoms with Crippen molar-refractivity contribution < 1.29 is 9.53 Å². The maximum Gasteiger partial charge on any atom is 0.266 e. The maximum atomic E-state index is 12.7. The second-order valence-electron chi connectivity index (χ2n) is 6.19. The molecule has 0 aliphatic carbocycles. The van der Waals surface area contributed by atoms with Crippen LogP contribution in [0.3, 0.4) is 0 Å². The smallest absolute Gasteiger partial charge is 0.266 e. The Kier molecular flexibility index (Phi) is 5.20. The van der Waals surface area contributed by atoms with Crippen molar-refractivity contribution in [3.05, 3.63) is 29.8 Å². The van der Waals surface area contributed by atoms with Crippen LogP contribution in [-0.2, 0) is 4.79 Å². The molecule has 1 fully saturated rings. The molecule has 0 unspecified atom stereocenters. The predicted molar refractivity (Wildman–Crippen MR) is 89.0 cm³/mol. The second-order valence-corrected chi connectivity index (χ2v) is 7.41. The zero-order valence-corrected chi connectivity index (χ0v) is 14.2. The number of aryl methyl sites for hydroxylation is 1. The molecule has 1 aliphatic heterocycles. The highest BCUT2D eigenvalue weighted by Gasteiger charge is 2.35. The summed E-state index contributed by atoms with van der Waals surface area (Å²) in [6.45, 7) is 5.74. The van der Waals surface area contributed by atoms with E-state index in [1.807, 2.05) is 68.7 Å². The molecule has 0 aromatic heterocycles. The molecule has 0 bridgehead atoms. The molecule has 0 N–H and O–H groups in total. The van der Waals surface area contributed by atoms with Gasteiger partial charge in [-0.3, -0.25) is 4.79 Å². The Morgan fingerprint density at radius 1 is 1.24 bits per heavy atom. The van der Waals surface area contributed by atoms with Gasteiger partial charge in [0.25, 0.3) is 5.91 Å². The summed E-state index contributed by atoms with van der Waals surface area (Å²) < 4.78 is 5.93. The van der Waals surface area contributed by atoms with Gasteiger partial charge in [0.2, 0.25) is 0 Å². The third-order valence-corrected chi connectivity index (χ3v) is 5.02. The minimum atomic E-state index is -0.839. The van der Waals surface area contributed by atoms with Crippen LogP contribution >= 0.6 is 11.8 Å². The number of amides is 1. The minimum absolute atomic E-state index is 0.0555. The number of nitrogens with zero attached hydrogens (tertiary/aromatic N) is 1. The van der Waals surface area contributed by atoms with Crippen molar-refractivity contribution in [2.75, 3.05) is 18.6 Å². The molecule has 0 saturated carbocycles. The molecule has 2 rings (SSSR count). The molecule has 1 amide bonds. The molecule has 0 radical (unpaired) electrons. The van der Waals surface area contributed by atoms with Gasteiger partial charge in [-0.05, 0) is 57.3 Å². The monoisotopic (exact) mass is 307 g/mol. The Morgan fingerprint density at radius 3 is 2.38 bits per heavy atom. The van der Waals surface area contributed by atoms with E-state index in [2.05, 4.69) is 0 Å². The van der Waals surface area contributed by atoms with Gasteiger partial charge in [-0.1, -0.05) is 17.7 Å². The predicted octanol–water partition coefficient (Wildman–Crippen LogP) is 3.51. The lowest BCUT2D eigenvalue weighted by Gasteiger charge is -2.36. The van der Waals surface area contributed by atoms with Crippen LogP contribution in [-0.4, -0.2) is 41.0 Å². The van der Waals surface area contributed by atoms with Gasteiger partial charge in [0.05, 0.1) is 0 Å². The highest BCUT2D eigenvalue weighted by molar-refractivity contribution is 7.99. The fourth-order valence-electron chi connectivity index (χ4n) is 2.61. The van der Waals surface area contributed by atoms with Crippen LogP contribution in [0, 0.1) is 6.92 Å². The van der Waals surface area contributed by atoms with E-state index in [1.54, 1.807) is 0 Å². The van der Waals surface area contributed by atoms with Gasteiger partial charge >= 0.3 is 0 Å². The SMILES string of the molecule is Cc1ccc(OC(C)(C)C(=O)N(C)C2CCSCC2)cc1. The molecule has 1 aromatic carbocycles. The molecule has 116 valence electrons. The molecular formula is C17H25NO2S. The fraction of sp³-hybridized carbons (Fsp3) is 0.588. The summed E-state index contributed by atoms with van der Waals surface area (Å²) in [7, 11) is 1.91. The number of benzene rings is 1. The van der Waals surface area contributed by atoms with E-state index in [9.17, 15) is 4.79 Å². The van der Waals surface area contributed by atoms with Crippen molar-refractivity contribution in [1.29, 1.82) is 0 Å². The summed E-state index contributed by atoms with van der Waals surface area (Å²) in [4.78, 5) is 14.6. The van der Waals surface area contributed by atoms with E-state index in [0.29, 0.717) is 6.04 Å². The Bertz CT molecular complexity index is 478. The van der Waals surface area contributed by atoms with Crippen LogP contribution < -0.4 is 4.74 Å². The molecule has 1 aromatic rings. The van der Waals surface area contributed by atoms with Crippen LogP contribution in [0.1, 0.15) is 32.3 Å². The number of likely N-dealkylation sites (N-methyl/N-ethyl adjacent to an activating group) is 1. The largest absolute Gasteiger partial charge is 0.478 e. The summed E-state index contributed by atoms with van der Waals surface area (Å²) >= 11 is 1.97. The van der Waals surface area contributed by atoms with Crippen molar-refractivity contribution in [2.24, 2.45) is 0 Å². The minimum Gasteiger partial charge on any atom is -0.478 e. The van der Waals surface area contributed by atoms with Crippen LogP contribution in [0.5, 0.6) is 5.75 Å². The van der Waals surface area contributed by atoms with E-state index in [4.69, 9.17) is 4.74 Å². The Hall–Kier alpha value is -1.16. The lowest BCUT2D eigenvalue weighted by atomic mass is 10.0. The maximum absolute atomic E-state index is 12.7. The third kappa shape index (κ3) is 4.16. The lowest BCUT2D eigenvalue weighted by molar-refractivity contribution is -0.146. The number of thioether (sulfide) groups is 1. The Labute approximate surface area is 132 Å². The average Bonchev–Trinajstić information content (AvgIpc) is 2.49. The van der Waals surface area contributed by atoms with Crippen molar-refractivity contribution in [2.45, 2.75) is 45.3 Å². The van der Waals surface area contributed by atoms with E-state index in [0.717, 1.165) is 30.1 Å². The lowest BCUT2D eigenvalue weighted by Crippen LogP contribution is -2.51. The highest BCUT2D eigenvalue weighted by Crippen LogP contribution is 2.25. The topological polar surface area (TPSA) is 29.5 Å². The quantitative estimate of drug-likeness (QED) is 0.852. The first-order valence-corrected chi connectivity index (χ1v) is 8.66. The van der Waals surface area contributed by atoms with E-state index in [-0.39, 0.29) is 5.91 Å². The molecule has 3 nitrogen and oxygen atoms in total. The molecule has 0 atom stereocenters. The first-order valence-electron chi connectivity index (χ1n) is 7.51. The second kappa shape index (κ2) is 6.73. The average molecular weight is 307 g/mol. The number of hydrogen-bond acceptors (Lipinski definition) is 3. The molecular weight excluding hydrogens is 282 g/mol. The van der Waals surface area contributed by atoms with Gasteiger partial charge < -0.3 is 9.64 Å². The van der Waals surface area contributed by atoms with Gasteiger partial charge in [0.15, 0.2) is 5.60 Å². The first-order chi connectivity index (χ1) is 9.90. The normalized spacial score (nSPS) is 16.6. The molecule has 4 heteroatoms. The summed E-state index contributed by atoms with van der Waals surface area (Å²) in [5, 5.41) is 0.